The molecule has 0 aliphatic heterocycles. The molecule has 24 heavy (non-hydrogen) atoms. The molecule has 0 fully saturated rings. The van der Waals surface area contributed by atoms with Gasteiger partial charge in [0.05, 0.1) is 22.7 Å². The number of rotatable bonds is 3. The van der Waals surface area contributed by atoms with Gasteiger partial charge in [-0.05, 0) is 49.2 Å². The van der Waals surface area contributed by atoms with E-state index in [4.69, 9.17) is 10.00 Å². The number of para-hydroxylation sites is 1. The van der Waals surface area contributed by atoms with Crippen LogP contribution < -0.4 is 4.74 Å². The van der Waals surface area contributed by atoms with Crippen LogP contribution in [0.1, 0.15) is 34.1 Å². The number of nitriles is 1. The van der Waals surface area contributed by atoms with E-state index in [1.165, 1.54) is 0 Å². The summed E-state index contributed by atoms with van der Waals surface area (Å²) >= 11 is 0. The molecule has 0 spiro atoms. The maximum atomic E-state index is 12.8. The highest BCUT2D eigenvalue weighted by atomic mass is 16.5. The Morgan fingerprint density at radius 3 is 2.54 bits per heavy atom. The number of carbonyl (C=O) groups is 1. The smallest absolute Gasteiger partial charge is 0.344 e. The molecule has 118 valence electrons. The van der Waals surface area contributed by atoms with E-state index >= 15 is 0 Å². The van der Waals surface area contributed by atoms with Crippen LogP contribution in [0.5, 0.6) is 5.75 Å². The monoisotopic (exact) mass is 316 g/mol. The Morgan fingerprint density at radius 2 is 1.88 bits per heavy atom. The second-order valence-corrected chi connectivity index (χ2v) is 5.45. The first-order chi connectivity index (χ1) is 11.6. The number of benzene rings is 2. The molecular formula is C20H16N2O2. The summed E-state index contributed by atoms with van der Waals surface area (Å²) in [5, 5.41) is 9.62. The fraction of sp³-hybridized carbons (Fsp3) is 0.150. The molecule has 3 rings (SSSR count). The van der Waals surface area contributed by atoms with Gasteiger partial charge in [-0.1, -0.05) is 25.1 Å². The van der Waals surface area contributed by atoms with Gasteiger partial charge in [0.1, 0.15) is 5.75 Å². The lowest BCUT2D eigenvalue weighted by Crippen LogP contribution is -2.13. The van der Waals surface area contributed by atoms with E-state index < -0.39 is 5.97 Å². The fourth-order valence-corrected chi connectivity index (χ4v) is 2.72. The molecule has 0 aliphatic rings. The number of nitrogens with zero attached hydrogens (tertiary/aromatic N) is 2. The number of aromatic nitrogens is 1. The van der Waals surface area contributed by atoms with Gasteiger partial charge >= 0.3 is 5.97 Å². The van der Waals surface area contributed by atoms with Gasteiger partial charge in [0, 0.05) is 11.1 Å². The Hall–Kier alpha value is -3.19. The Kier molecular flexibility index (Phi) is 4.26. The summed E-state index contributed by atoms with van der Waals surface area (Å²) < 4.78 is 5.51. The summed E-state index contributed by atoms with van der Waals surface area (Å²) in [6.07, 6.45) is 0.744. The highest BCUT2D eigenvalue weighted by molar-refractivity contribution is 6.05. The molecule has 0 saturated heterocycles. The summed E-state index contributed by atoms with van der Waals surface area (Å²) in [4.78, 5) is 17.4. The zero-order valence-corrected chi connectivity index (χ0v) is 13.5. The lowest BCUT2D eigenvalue weighted by molar-refractivity contribution is 0.0736. The predicted molar refractivity (Wildman–Crippen MR) is 92.0 cm³/mol. The zero-order chi connectivity index (χ0) is 17.1. The molecule has 0 radical (unpaired) electrons. The molecule has 0 N–H and O–H groups in total. The van der Waals surface area contributed by atoms with Crippen molar-refractivity contribution in [3.8, 4) is 11.8 Å². The normalized spacial score (nSPS) is 10.4. The van der Waals surface area contributed by atoms with Crippen LogP contribution in [0.2, 0.25) is 0 Å². The van der Waals surface area contributed by atoms with Gasteiger partial charge in [-0.3, -0.25) is 4.98 Å². The maximum absolute atomic E-state index is 12.8. The third-order valence-electron chi connectivity index (χ3n) is 3.97. The molecule has 0 atom stereocenters. The van der Waals surface area contributed by atoms with Crippen molar-refractivity contribution in [2.75, 3.05) is 0 Å². The third-order valence-corrected chi connectivity index (χ3v) is 3.97. The van der Waals surface area contributed by atoms with Gasteiger partial charge in [-0.15, -0.1) is 0 Å². The molecule has 0 aliphatic carbocycles. The quantitative estimate of drug-likeness (QED) is 0.537. The largest absolute Gasteiger partial charge is 0.423 e. The topological polar surface area (TPSA) is 63.0 Å². The second-order valence-electron chi connectivity index (χ2n) is 5.45. The summed E-state index contributed by atoms with van der Waals surface area (Å²) in [5.74, 6) is 0.00264. The minimum absolute atomic E-state index is 0.412. The second kappa shape index (κ2) is 6.51. The van der Waals surface area contributed by atoms with Crippen molar-refractivity contribution in [3.63, 3.8) is 0 Å². The van der Waals surface area contributed by atoms with Crippen LogP contribution in [0.4, 0.5) is 0 Å². The summed E-state index contributed by atoms with van der Waals surface area (Å²) in [6.45, 7) is 3.91. The number of ether oxygens (including phenoxy) is 1. The lowest BCUT2D eigenvalue weighted by atomic mass is 10.0. The van der Waals surface area contributed by atoms with Crippen molar-refractivity contribution in [2.45, 2.75) is 20.3 Å². The molecule has 0 unspecified atom stereocenters. The number of fused-ring (bicyclic) bond motifs is 1. The average Bonchev–Trinajstić information content (AvgIpc) is 2.61. The minimum Gasteiger partial charge on any atom is -0.423 e. The van der Waals surface area contributed by atoms with Crippen molar-refractivity contribution in [3.05, 3.63) is 70.9 Å². The zero-order valence-electron chi connectivity index (χ0n) is 13.5. The minimum atomic E-state index is -0.412. The van der Waals surface area contributed by atoms with Gasteiger partial charge in [0.15, 0.2) is 0 Å². The Balaban J connectivity index is 2.05. The molecule has 3 aromatic rings. The van der Waals surface area contributed by atoms with E-state index in [0.717, 1.165) is 28.6 Å². The van der Waals surface area contributed by atoms with E-state index in [9.17, 15) is 4.79 Å². The van der Waals surface area contributed by atoms with Gasteiger partial charge < -0.3 is 4.74 Å². The van der Waals surface area contributed by atoms with Crippen LogP contribution in [0.3, 0.4) is 0 Å². The van der Waals surface area contributed by atoms with E-state index in [1.54, 1.807) is 24.3 Å². The molecule has 4 nitrogen and oxygen atoms in total. The molecule has 0 amide bonds. The molecule has 4 heteroatoms. The Morgan fingerprint density at radius 1 is 1.17 bits per heavy atom. The van der Waals surface area contributed by atoms with E-state index in [0.29, 0.717) is 16.9 Å². The van der Waals surface area contributed by atoms with Crippen molar-refractivity contribution in [1.29, 1.82) is 5.26 Å². The first kappa shape index (κ1) is 15.7. The molecule has 2 aromatic carbocycles. The maximum Gasteiger partial charge on any atom is 0.344 e. The first-order valence-electron chi connectivity index (χ1n) is 7.74. The van der Waals surface area contributed by atoms with E-state index in [2.05, 4.69) is 4.98 Å². The average molecular weight is 316 g/mol. The van der Waals surface area contributed by atoms with Crippen LogP contribution in [0.15, 0.2) is 48.5 Å². The highest BCUT2D eigenvalue weighted by Crippen LogP contribution is 2.25. The van der Waals surface area contributed by atoms with Crippen LogP contribution >= 0.6 is 0 Å². The van der Waals surface area contributed by atoms with Gasteiger partial charge in [-0.25, -0.2) is 4.79 Å². The predicted octanol–water partition coefficient (Wildman–Crippen LogP) is 4.20. The number of hydrogen-bond acceptors (Lipinski definition) is 4. The third kappa shape index (κ3) is 2.84. The molecule has 0 saturated carbocycles. The van der Waals surface area contributed by atoms with Gasteiger partial charge in [0.25, 0.3) is 0 Å². The van der Waals surface area contributed by atoms with Gasteiger partial charge in [-0.2, -0.15) is 5.26 Å². The Bertz CT molecular complexity index is 954. The van der Waals surface area contributed by atoms with Crippen LogP contribution in [-0.4, -0.2) is 11.0 Å². The number of aryl methyl sites for hydroxylation is 1. The van der Waals surface area contributed by atoms with Crippen molar-refractivity contribution in [2.24, 2.45) is 0 Å². The van der Waals surface area contributed by atoms with Crippen molar-refractivity contribution >= 4 is 16.9 Å². The summed E-state index contributed by atoms with van der Waals surface area (Å²) in [6, 6.07) is 16.1. The fourth-order valence-electron chi connectivity index (χ4n) is 2.72. The van der Waals surface area contributed by atoms with Crippen molar-refractivity contribution in [1.82, 2.24) is 4.98 Å². The molecule has 0 bridgehead atoms. The molecule has 1 aromatic heterocycles. The SMILES string of the molecule is CCc1nc2ccccc2c(C(=O)Oc2ccc(C#N)cc2)c1C. The van der Waals surface area contributed by atoms with Gasteiger partial charge in [0.2, 0.25) is 0 Å². The number of pyridine rings is 1. The number of carbonyl (C=O) groups excluding carboxylic acids is 1. The Labute approximate surface area is 140 Å². The number of esters is 1. The molecule has 1 heterocycles. The summed E-state index contributed by atoms with van der Waals surface area (Å²) in [5.41, 5.74) is 3.58. The van der Waals surface area contributed by atoms with Crippen LogP contribution in [0, 0.1) is 18.3 Å². The van der Waals surface area contributed by atoms with E-state index in [-0.39, 0.29) is 0 Å². The summed E-state index contributed by atoms with van der Waals surface area (Å²) in [7, 11) is 0. The highest BCUT2D eigenvalue weighted by Gasteiger charge is 2.19. The number of hydrogen-bond donors (Lipinski definition) is 0. The first-order valence-corrected chi connectivity index (χ1v) is 7.74. The van der Waals surface area contributed by atoms with Crippen LogP contribution in [0.25, 0.3) is 10.9 Å². The molecular weight excluding hydrogens is 300 g/mol. The lowest BCUT2D eigenvalue weighted by Gasteiger charge is -2.13. The standard InChI is InChI=1S/C20H16N2O2/c1-3-17-13(2)19(16-6-4-5-7-18(16)22-17)20(23)24-15-10-8-14(12-21)9-11-15/h4-11H,3H2,1-2H3. The van der Waals surface area contributed by atoms with E-state index in [1.807, 2.05) is 44.2 Å². The van der Waals surface area contributed by atoms with Crippen molar-refractivity contribution < 1.29 is 9.53 Å². The van der Waals surface area contributed by atoms with Crippen LogP contribution in [-0.2, 0) is 6.42 Å².